The third kappa shape index (κ3) is 3.26. The summed E-state index contributed by atoms with van der Waals surface area (Å²) in [5, 5.41) is 2.51. The van der Waals surface area contributed by atoms with Gasteiger partial charge in [0.25, 0.3) is 5.91 Å². The van der Waals surface area contributed by atoms with Crippen molar-refractivity contribution >= 4 is 23.3 Å². The zero-order valence-corrected chi connectivity index (χ0v) is 11.1. The second kappa shape index (κ2) is 5.32. The van der Waals surface area contributed by atoms with Crippen molar-refractivity contribution in [3.05, 3.63) is 52.2 Å². The van der Waals surface area contributed by atoms with Gasteiger partial charge in [0.15, 0.2) is 0 Å². The normalized spacial score (nSPS) is 10.3. The van der Waals surface area contributed by atoms with Gasteiger partial charge in [-0.2, -0.15) is 0 Å². The second-order valence-electron chi connectivity index (χ2n) is 4.12. The van der Waals surface area contributed by atoms with E-state index in [9.17, 15) is 9.18 Å². The molecule has 2 aromatic heterocycles. The molecular weight excluding hydrogens is 269 g/mol. The lowest BCUT2D eigenvalue weighted by molar-refractivity contribution is 0.102. The Hall–Kier alpha value is -2.01. The zero-order chi connectivity index (χ0) is 14.0. The number of hydrogen-bond donors (Lipinski definition) is 1. The van der Waals surface area contributed by atoms with Crippen LogP contribution in [0.3, 0.4) is 0 Å². The number of amides is 1. The van der Waals surface area contributed by atoms with Gasteiger partial charge in [-0.15, -0.1) is 0 Å². The maximum atomic E-state index is 13.1. The maximum absolute atomic E-state index is 13.1. The van der Waals surface area contributed by atoms with E-state index in [1.165, 1.54) is 0 Å². The minimum absolute atomic E-state index is 0.0253. The van der Waals surface area contributed by atoms with E-state index < -0.39 is 11.7 Å². The van der Waals surface area contributed by atoms with E-state index in [-0.39, 0.29) is 10.7 Å². The van der Waals surface area contributed by atoms with Gasteiger partial charge in [-0.05, 0) is 37.6 Å². The fraction of sp³-hybridized carbons (Fsp3) is 0.154. The summed E-state index contributed by atoms with van der Waals surface area (Å²) in [5.74, 6) is -0.778. The number of aromatic nitrogens is 2. The predicted octanol–water partition coefficient (Wildman–Crippen LogP) is 3.14. The topological polar surface area (TPSA) is 54.9 Å². The second-order valence-corrected chi connectivity index (χ2v) is 4.48. The Morgan fingerprint density at radius 1 is 1.32 bits per heavy atom. The number of carbonyl (C=O) groups is 1. The number of halogens is 2. The smallest absolute Gasteiger partial charge is 0.260 e. The van der Waals surface area contributed by atoms with Crippen LogP contribution in [0.4, 0.5) is 10.2 Å². The van der Waals surface area contributed by atoms with Crippen LogP contribution in [0.5, 0.6) is 0 Å². The van der Waals surface area contributed by atoms with Crippen molar-refractivity contribution in [1.29, 1.82) is 0 Å². The number of nitrogens with zero attached hydrogens (tertiary/aromatic N) is 2. The van der Waals surface area contributed by atoms with E-state index in [2.05, 4.69) is 15.3 Å². The van der Waals surface area contributed by atoms with E-state index >= 15 is 0 Å². The predicted molar refractivity (Wildman–Crippen MR) is 70.9 cm³/mol. The molecule has 0 unspecified atom stereocenters. The highest BCUT2D eigenvalue weighted by Crippen LogP contribution is 2.16. The van der Waals surface area contributed by atoms with Crippen molar-refractivity contribution < 1.29 is 9.18 Å². The van der Waals surface area contributed by atoms with Gasteiger partial charge in [-0.25, -0.2) is 14.4 Å². The Kier molecular flexibility index (Phi) is 3.76. The summed E-state index contributed by atoms with van der Waals surface area (Å²) in [4.78, 5) is 19.7. The van der Waals surface area contributed by atoms with Gasteiger partial charge in [0.2, 0.25) is 0 Å². The molecule has 0 fully saturated rings. The standard InChI is InChI=1S/C13H11ClFN3O/c1-7-3-8(2)17-11(4-7)18-13(19)10-5-9(15)6-16-12(10)14/h3-6H,1-2H3,(H,17,18,19). The van der Waals surface area contributed by atoms with Crippen LogP contribution in [0.25, 0.3) is 0 Å². The highest BCUT2D eigenvalue weighted by atomic mass is 35.5. The van der Waals surface area contributed by atoms with Crippen LogP contribution in [-0.2, 0) is 0 Å². The number of nitrogens with one attached hydrogen (secondary N) is 1. The summed E-state index contributed by atoms with van der Waals surface area (Å²) in [6.07, 6.45) is 0.953. The first-order valence-electron chi connectivity index (χ1n) is 5.53. The monoisotopic (exact) mass is 279 g/mol. The number of anilines is 1. The van der Waals surface area contributed by atoms with Crippen molar-refractivity contribution in [1.82, 2.24) is 9.97 Å². The molecule has 0 aromatic carbocycles. The van der Waals surface area contributed by atoms with Crippen molar-refractivity contribution in [3.8, 4) is 0 Å². The van der Waals surface area contributed by atoms with Gasteiger partial charge < -0.3 is 5.32 Å². The molecule has 0 atom stereocenters. The van der Waals surface area contributed by atoms with Gasteiger partial charge in [-0.3, -0.25) is 4.79 Å². The molecule has 2 aromatic rings. The van der Waals surface area contributed by atoms with Gasteiger partial charge in [0.05, 0.1) is 11.8 Å². The van der Waals surface area contributed by atoms with E-state index in [1.807, 2.05) is 19.9 Å². The quantitative estimate of drug-likeness (QED) is 0.859. The molecule has 1 N–H and O–H groups in total. The highest BCUT2D eigenvalue weighted by Gasteiger charge is 2.13. The lowest BCUT2D eigenvalue weighted by atomic mass is 10.2. The number of aryl methyl sites for hydroxylation is 2. The first-order chi connectivity index (χ1) is 8.95. The molecule has 0 radical (unpaired) electrons. The molecule has 2 rings (SSSR count). The average molecular weight is 280 g/mol. The summed E-state index contributed by atoms with van der Waals surface area (Å²) in [6, 6.07) is 4.63. The van der Waals surface area contributed by atoms with Crippen molar-refractivity contribution in [2.75, 3.05) is 5.32 Å². The fourth-order valence-electron chi connectivity index (χ4n) is 1.67. The lowest BCUT2D eigenvalue weighted by Crippen LogP contribution is -2.14. The zero-order valence-electron chi connectivity index (χ0n) is 10.4. The summed E-state index contributed by atoms with van der Waals surface area (Å²) < 4.78 is 13.1. The van der Waals surface area contributed by atoms with Crippen LogP contribution in [0.15, 0.2) is 24.4 Å². The Balaban J connectivity index is 2.28. The molecule has 98 valence electrons. The van der Waals surface area contributed by atoms with Crippen LogP contribution >= 0.6 is 11.6 Å². The van der Waals surface area contributed by atoms with Crippen molar-refractivity contribution in [2.45, 2.75) is 13.8 Å². The Morgan fingerprint density at radius 3 is 2.74 bits per heavy atom. The molecule has 2 heterocycles. The summed E-state index contributed by atoms with van der Waals surface area (Å²) in [6.45, 7) is 3.71. The first-order valence-corrected chi connectivity index (χ1v) is 5.91. The molecule has 0 saturated carbocycles. The van der Waals surface area contributed by atoms with E-state index in [1.54, 1.807) is 6.07 Å². The van der Waals surface area contributed by atoms with Crippen LogP contribution in [0.1, 0.15) is 21.6 Å². The van der Waals surface area contributed by atoms with Gasteiger partial charge >= 0.3 is 0 Å². The van der Waals surface area contributed by atoms with Gasteiger partial charge in [-0.1, -0.05) is 11.6 Å². The Morgan fingerprint density at radius 2 is 2.05 bits per heavy atom. The lowest BCUT2D eigenvalue weighted by Gasteiger charge is -2.07. The van der Waals surface area contributed by atoms with Gasteiger partial charge in [0, 0.05) is 5.69 Å². The molecule has 0 aliphatic heterocycles. The Labute approximate surface area is 114 Å². The number of hydrogen-bond acceptors (Lipinski definition) is 3. The summed E-state index contributed by atoms with van der Waals surface area (Å²) >= 11 is 5.76. The third-order valence-electron chi connectivity index (χ3n) is 2.39. The fourth-order valence-corrected chi connectivity index (χ4v) is 1.86. The Bertz CT molecular complexity index is 626. The van der Waals surface area contributed by atoms with Crippen LogP contribution < -0.4 is 5.32 Å². The summed E-state index contributed by atoms with van der Waals surface area (Å²) in [7, 11) is 0. The molecular formula is C13H11ClFN3O. The first kappa shape index (κ1) is 13.4. The molecule has 0 bridgehead atoms. The molecule has 1 amide bonds. The van der Waals surface area contributed by atoms with E-state index in [0.717, 1.165) is 23.5 Å². The molecule has 0 aliphatic carbocycles. The number of pyridine rings is 2. The molecule has 6 heteroatoms. The largest absolute Gasteiger partial charge is 0.306 e. The minimum atomic E-state index is -0.622. The number of carbonyl (C=O) groups excluding carboxylic acids is 1. The number of rotatable bonds is 2. The van der Waals surface area contributed by atoms with Crippen LogP contribution in [0, 0.1) is 19.7 Å². The van der Waals surface area contributed by atoms with Crippen LogP contribution in [0.2, 0.25) is 5.15 Å². The molecule has 19 heavy (non-hydrogen) atoms. The average Bonchev–Trinajstić information content (AvgIpc) is 2.30. The highest BCUT2D eigenvalue weighted by molar-refractivity contribution is 6.33. The molecule has 0 spiro atoms. The minimum Gasteiger partial charge on any atom is -0.306 e. The molecule has 0 saturated heterocycles. The van der Waals surface area contributed by atoms with E-state index in [4.69, 9.17) is 11.6 Å². The van der Waals surface area contributed by atoms with Gasteiger partial charge in [0.1, 0.15) is 16.8 Å². The van der Waals surface area contributed by atoms with Crippen molar-refractivity contribution in [2.24, 2.45) is 0 Å². The van der Waals surface area contributed by atoms with Crippen LogP contribution in [-0.4, -0.2) is 15.9 Å². The molecule has 4 nitrogen and oxygen atoms in total. The SMILES string of the molecule is Cc1cc(C)nc(NC(=O)c2cc(F)cnc2Cl)c1. The molecule has 0 aliphatic rings. The maximum Gasteiger partial charge on any atom is 0.260 e. The van der Waals surface area contributed by atoms with E-state index in [0.29, 0.717) is 5.82 Å². The van der Waals surface area contributed by atoms with Crippen molar-refractivity contribution in [3.63, 3.8) is 0 Å². The summed E-state index contributed by atoms with van der Waals surface area (Å²) in [5.41, 5.74) is 1.72. The third-order valence-corrected chi connectivity index (χ3v) is 2.69.